The van der Waals surface area contributed by atoms with Gasteiger partial charge in [-0.25, -0.2) is 15.0 Å². The minimum absolute atomic E-state index is 0.0396. The number of nitrogens with one attached hydrogen (secondary N) is 1. The molecule has 0 aliphatic heterocycles. The molecule has 1 atom stereocenters. The Kier molecular flexibility index (Phi) is 3.66. The fraction of sp³-hybridized carbons (Fsp3) is 0.214. The molecule has 0 fully saturated rings. The van der Waals surface area contributed by atoms with Gasteiger partial charge in [0.1, 0.15) is 16.9 Å². The Morgan fingerprint density at radius 3 is 2.95 bits per heavy atom. The summed E-state index contributed by atoms with van der Waals surface area (Å²) in [7, 11) is 0. The Bertz CT molecular complexity index is 724. The second kappa shape index (κ2) is 5.60. The standard InChI is InChI=1S/C14H15N5S/c1-2-10(15)9-5-3-4-6-11(9)20-14-12-13(17-7-16-12)18-8-19-14/h3-8,10H,2,15H2,1H3,(H,16,17,18,19)/t10-/m1/s1. The molecule has 2 heterocycles. The van der Waals surface area contributed by atoms with Crippen molar-refractivity contribution in [3.63, 3.8) is 0 Å². The minimum atomic E-state index is 0.0396. The summed E-state index contributed by atoms with van der Waals surface area (Å²) in [5, 5.41) is 0.864. The van der Waals surface area contributed by atoms with Crippen LogP contribution < -0.4 is 5.73 Å². The zero-order valence-electron chi connectivity index (χ0n) is 11.1. The van der Waals surface area contributed by atoms with Gasteiger partial charge in [0.2, 0.25) is 0 Å². The Hall–Kier alpha value is -1.92. The summed E-state index contributed by atoms with van der Waals surface area (Å²) in [5.41, 5.74) is 8.86. The van der Waals surface area contributed by atoms with Gasteiger partial charge < -0.3 is 10.7 Å². The molecule has 20 heavy (non-hydrogen) atoms. The lowest BCUT2D eigenvalue weighted by molar-refractivity contribution is 0.685. The first-order valence-electron chi connectivity index (χ1n) is 6.46. The van der Waals surface area contributed by atoms with Gasteiger partial charge in [-0.3, -0.25) is 0 Å². The molecule has 0 amide bonds. The van der Waals surface area contributed by atoms with Crippen LogP contribution in [0.1, 0.15) is 24.9 Å². The van der Waals surface area contributed by atoms with E-state index in [1.54, 1.807) is 18.1 Å². The summed E-state index contributed by atoms with van der Waals surface area (Å²) in [4.78, 5) is 16.8. The molecular weight excluding hydrogens is 270 g/mol. The third kappa shape index (κ3) is 2.39. The maximum absolute atomic E-state index is 6.18. The molecule has 0 saturated heterocycles. The molecule has 3 aromatic rings. The third-order valence-corrected chi connectivity index (χ3v) is 4.25. The van der Waals surface area contributed by atoms with Crippen molar-refractivity contribution in [2.45, 2.75) is 29.3 Å². The van der Waals surface area contributed by atoms with Crippen LogP contribution in [0.5, 0.6) is 0 Å². The first-order chi connectivity index (χ1) is 9.79. The van der Waals surface area contributed by atoms with E-state index in [1.165, 1.54) is 6.33 Å². The van der Waals surface area contributed by atoms with E-state index < -0.39 is 0 Å². The molecule has 0 bridgehead atoms. The molecule has 1 aromatic carbocycles. The maximum atomic E-state index is 6.18. The average molecular weight is 285 g/mol. The molecule has 0 aliphatic rings. The van der Waals surface area contributed by atoms with Gasteiger partial charge in [0, 0.05) is 10.9 Å². The molecule has 2 aromatic heterocycles. The highest BCUT2D eigenvalue weighted by molar-refractivity contribution is 7.99. The molecular formula is C14H15N5S. The molecule has 0 saturated carbocycles. The summed E-state index contributed by atoms with van der Waals surface area (Å²) in [6.07, 6.45) is 4.07. The van der Waals surface area contributed by atoms with Crippen molar-refractivity contribution in [3.05, 3.63) is 42.5 Å². The summed E-state index contributed by atoms with van der Waals surface area (Å²) in [6, 6.07) is 8.21. The number of H-pyrrole nitrogens is 1. The zero-order chi connectivity index (χ0) is 13.9. The highest BCUT2D eigenvalue weighted by Crippen LogP contribution is 2.34. The second-order valence-corrected chi connectivity index (χ2v) is 5.47. The van der Waals surface area contributed by atoms with E-state index in [9.17, 15) is 0 Å². The maximum Gasteiger partial charge on any atom is 0.181 e. The number of nitrogens with two attached hydrogens (primary N) is 1. The summed E-state index contributed by atoms with van der Waals surface area (Å²) in [5.74, 6) is 0. The smallest absolute Gasteiger partial charge is 0.181 e. The molecule has 3 rings (SSSR count). The predicted octanol–water partition coefficient (Wildman–Crippen LogP) is 2.91. The van der Waals surface area contributed by atoms with Gasteiger partial charge in [-0.15, -0.1) is 0 Å². The Morgan fingerprint density at radius 2 is 2.10 bits per heavy atom. The van der Waals surface area contributed by atoms with Crippen LogP contribution >= 0.6 is 11.8 Å². The molecule has 5 nitrogen and oxygen atoms in total. The Labute approximate surface area is 121 Å². The number of fused-ring (bicyclic) bond motifs is 1. The predicted molar refractivity (Wildman–Crippen MR) is 79.5 cm³/mol. The monoisotopic (exact) mass is 285 g/mol. The van der Waals surface area contributed by atoms with Crippen LogP contribution in [0.15, 0.2) is 46.8 Å². The number of nitrogens with zero attached hydrogens (tertiary/aromatic N) is 3. The number of hydrogen-bond donors (Lipinski definition) is 2. The second-order valence-electron chi connectivity index (χ2n) is 4.43. The van der Waals surface area contributed by atoms with Gasteiger partial charge in [0.25, 0.3) is 0 Å². The Morgan fingerprint density at radius 1 is 1.25 bits per heavy atom. The molecule has 0 radical (unpaired) electrons. The van der Waals surface area contributed by atoms with Gasteiger partial charge >= 0.3 is 0 Å². The van der Waals surface area contributed by atoms with Gasteiger partial charge in [0.05, 0.1) is 6.33 Å². The molecule has 0 unspecified atom stereocenters. The summed E-state index contributed by atoms with van der Waals surface area (Å²) >= 11 is 1.59. The van der Waals surface area contributed by atoms with Crippen LogP contribution in [0.3, 0.4) is 0 Å². The van der Waals surface area contributed by atoms with Crippen LogP contribution in [0, 0.1) is 0 Å². The van der Waals surface area contributed by atoms with E-state index in [0.29, 0.717) is 5.65 Å². The lowest BCUT2D eigenvalue weighted by Crippen LogP contribution is -2.09. The van der Waals surface area contributed by atoms with Crippen molar-refractivity contribution in [2.75, 3.05) is 0 Å². The third-order valence-electron chi connectivity index (χ3n) is 3.15. The number of aromatic amines is 1. The Balaban J connectivity index is 2.01. The number of aromatic nitrogens is 4. The number of imidazole rings is 1. The highest BCUT2D eigenvalue weighted by atomic mass is 32.2. The lowest BCUT2D eigenvalue weighted by atomic mass is 10.1. The van der Waals surface area contributed by atoms with E-state index >= 15 is 0 Å². The van der Waals surface area contributed by atoms with Gasteiger partial charge in [-0.2, -0.15) is 0 Å². The summed E-state index contributed by atoms with van der Waals surface area (Å²) in [6.45, 7) is 2.09. The van der Waals surface area contributed by atoms with E-state index in [2.05, 4.69) is 39.0 Å². The SMILES string of the molecule is CC[C@@H](N)c1ccccc1Sc1ncnc2nc[nH]c12. The first-order valence-corrected chi connectivity index (χ1v) is 7.27. The van der Waals surface area contributed by atoms with Crippen LogP contribution in [0.2, 0.25) is 0 Å². The van der Waals surface area contributed by atoms with Crippen molar-refractivity contribution >= 4 is 22.9 Å². The number of hydrogen-bond acceptors (Lipinski definition) is 5. The summed E-state index contributed by atoms with van der Waals surface area (Å²) < 4.78 is 0. The van der Waals surface area contributed by atoms with Crippen molar-refractivity contribution < 1.29 is 0 Å². The van der Waals surface area contributed by atoms with E-state index in [1.807, 2.05) is 12.1 Å². The quantitative estimate of drug-likeness (QED) is 0.720. The van der Waals surface area contributed by atoms with Crippen LogP contribution in [0.4, 0.5) is 0 Å². The molecule has 102 valence electrons. The highest BCUT2D eigenvalue weighted by Gasteiger charge is 2.13. The molecule has 0 spiro atoms. The normalized spacial score (nSPS) is 12.7. The van der Waals surface area contributed by atoms with E-state index in [0.717, 1.165) is 27.4 Å². The fourth-order valence-corrected chi connectivity index (χ4v) is 3.07. The van der Waals surface area contributed by atoms with Gasteiger partial charge in [-0.05, 0) is 18.1 Å². The van der Waals surface area contributed by atoms with Gasteiger partial charge in [-0.1, -0.05) is 36.9 Å². The number of rotatable bonds is 4. The number of benzene rings is 1. The van der Waals surface area contributed by atoms with Crippen molar-refractivity contribution in [1.29, 1.82) is 0 Å². The van der Waals surface area contributed by atoms with Crippen LogP contribution in [-0.4, -0.2) is 19.9 Å². The van der Waals surface area contributed by atoms with Crippen LogP contribution in [-0.2, 0) is 0 Å². The van der Waals surface area contributed by atoms with Crippen molar-refractivity contribution in [3.8, 4) is 0 Å². The molecule has 0 aliphatic carbocycles. The minimum Gasteiger partial charge on any atom is -0.341 e. The van der Waals surface area contributed by atoms with Crippen LogP contribution in [0.25, 0.3) is 11.2 Å². The lowest BCUT2D eigenvalue weighted by Gasteiger charge is -2.14. The fourth-order valence-electron chi connectivity index (χ4n) is 2.02. The van der Waals surface area contributed by atoms with Gasteiger partial charge in [0.15, 0.2) is 5.65 Å². The first kappa shape index (κ1) is 13.1. The topological polar surface area (TPSA) is 80.5 Å². The van der Waals surface area contributed by atoms with E-state index in [-0.39, 0.29) is 6.04 Å². The zero-order valence-corrected chi connectivity index (χ0v) is 11.9. The molecule has 3 N–H and O–H groups in total. The van der Waals surface area contributed by atoms with Crippen molar-refractivity contribution in [1.82, 2.24) is 19.9 Å². The molecule has 6 heteroatoms. The van der Waals surface area contributed by atoms with Crippen molar-refractivity contribution in [2.24, 2.45) is 5.73 Å². The largest absolute Gasteiger partial charge is 0.341 e. The average Bonchev–Trinajstić information content (AvgIpc) is 2.96. The van der Waals surface area contributed by atoms with E-state index in [4.69, 9.17) is 5.73 Å².